The van der Waals surface area contributed by atoms with Crippen LogP contribution in [-0.4, -0.2) is 35.3 Å². The normalized spacial score (nSPS) is 19.9. The second-order valence-electron chi connectivity index (χ2n) is 4.68. The van der Waals surface area contributed by atoms with Gasteiger partial charge in [0.25, 0.3) is 0 Å². The molecule has 2 aromatic rings. The first kappa shape index (κ1) is 13.9. The number of hydrogen-bond acceptors (Lipinski definition) is 2. The maximum absolute atomic E-state index is 12.5. The van der Waals surface area contributed by atoms with Crippen molar-refractivity contribution in [2.45, 2.75) is 18.9 Å². The van der Waals surface area contributed by atoms with Crippen LogP contribution in [0.1, 0.15) is 23.2 Å². The Bertz CT molecular complexity index is 564. The van der Waals surface area contributed by atoms with Crippen LogP contribution in [-0.2, 0) is 32.7 Å². The summed E-state index contributed by atoms with van der Waals surface area (Å²) in [6, 6.07) is 8.77. The smallest absolute Gasteiger partial charge is 0.169 e. The molecule has 1 aliphatic heterocycles. The summed E-state index contributed by atoms with van der Waals surface area (Å²) in [7, 11) is 2.02. The van der Waals surface area contributed by atoms with Gasteiger partial charge in [0.1, 0.15) is 0 Å². The molecule has 0 aliphatic carbocycles. The molecule has 0 bridgehead atoms. The Morgan fingerprint density at radius 3 is 3.11 bits per heavy atom. The average Bonchev–Trinajstić information content (AvgIpc) is 2.94. The van der Waals surface area contributed by atoms with Crippen molar-refractivity contribution < 1.29 is 37.5 Å². The number of likely N-dealkylation sites (N-methyl/N-ethyl adjacent to an activating group) is 1. The Kier molecular flexibility index (Phi) is 4.36. The first-order valence-corrected chi connectivity index (χ1v) is 5.99. The maximum Gasteiger partial charge on any atom is 0.169 e. The van der Waals surface area contributed by atoms with E-state index >= 15 is 0 Å². The summed E-state index contributed by atoms with van der Waals surface area (Å²) in [5.74, 6) is 0.232. The monoisotopic (exact) mass is 316 g/mol. The van der Waals surface area contributed by atoms with Crippen LogP contribution in [0.5, 0.6) is 0 Å². The van der Waals surface area contributed by atoms with Crippen molar-refractivity contribution >= 4 is 16.7 Å². The van der Waals surface area contributed by atoms with E-state index < -0.39 is 0 Å². The van der Waals surface area contributed by atoms with Crippen LogP contribution in [0, 0.1) is 6.07 Å². The van der Waals surface area contributed by atoms with Crippen LogP contribution in [0.25, 0.3) is 10.9 Å². The summed E-state index contributed by atoms with van der Waals surface area (Å²) < 4.78 is 0. The number of nitrogens with one attached hydrogen (secondary N) is 1. The Balaban J connectivity index is 0.00000120. The quantitative estimate of drug-likeness (QED) is 0.681. The molecule has 3 nitrogen and oxygen atoms in total. The number of ketones is 1. The van der Waals surface area contributed by atoms with E-state index in [-0.39, 0.29) is 44.5 Å². The van der Waals surface area contributed by atoms with E-state index in [2.05, 4.69) is 16.0 Å². The third-order valence-electron chi connectivity index (χ3n) is 3.61. The van der Waals surface area contributed by atoms with Crippen molar-refractivity contribution in [2.75, 3.05) is 13.6 Å². The van der Waals surface area contributed by atoms with Crippen LogP contribution < -0.4 is 0 Å². The summed E-state index contributed by atoms with van der Waals surface area (Å²) in [5.41, 5.74) is 1.81. The minimum absolute atomic E-state index is 0. The third-order valence-corrected chi connectivity index (χ3v) is 3.61. The number of carbonyl (C=O) groups excluding carboxylic acids is 1. The minimum atomic E-state index is 0. The molecule has 3 rings (SSSR count). The Morgan fingerprint density at radius 1 is 1.56 bits per heavy atom. The molecule has 1 atom stereocenters. The van der Waals surface area contributed by atoms with Gasteiger partial charge in [-0.3, -0.25) is 9.69 Å². The van der Waals surface area contributed by atoms with Gasteiger partial charge in [0, 0.05) is 32.7 Å². The predicted octanol–water partition coefficient (Wildman–Crippen LogP) is 2.24. The minimum Gasteiger partial charge on any atom is -0.384 e. The van der Waals surface area contributed by atoms with E-state index in [1.54, 1.807) is 0 Å². The summed E-state index contributed by atoms with van der Waals surface area (Å²) in [4.78, 5) is 17.8. The molecule has 1 aromatic carbocycles. The van der Waals surface area contributed by atoms with Crippen molar-refractivity contribution in [1.82, 2.24) is 9.88 Å². The number of nitrogens with zero attached hydrogens (tertiary/aromatic N) is 1. The molecule has 1 saturated heterocycles. The van der Waals surface area contributed by atoms with Crippen LogP contribution in [0.15, 0.2) is 24.4 Å². The fraction of sp³-hybridized carbons (Fsp3) is 0.357. The molecule has 1 aromatic heterocycles. The van der Waals surface area contributed by atoms with Crippen LogP contribution >= 0.6 is 0 Å². The van der Waals surface area contributed by atoms with Crippen LogP contribution in [0.2, 0.25) is 0 Å². The number of rotatable bonds is 2. The molecular weight excluding hydrogens is 301 g/mol. The topological polar surface area (TPSA) is 36.1 Å². The van der Waals surface area contributed by atoms with Crippen molar-refractivity contribution in [1.29, 1.82) is 0 Å². The number of hydrogen-bond donors (Lipinski definition) is 1. The van der Waals surface area contributed by atoms with Crippen molar-refractivity contribution in [3.05, 3.63) is 36.0 Å². The van der Waals surface area contributed by atoms with Gasteiger partial charge in [-0.25, -0.2) is 0 Å². The van der Waals surface area contributed by atoms with Gasteiger partial charge >= 0.3 is 0 Å². The number of benzene rings is 1. The summed E-state index contributed by atoms with van der Waals surface area (Å²) >= 11 is 0. The van der Waals surface area contributed by atoms with E-state index in [0.29, 0.717) is 0 Å². The molecule has 1 fully saturated rings. The zero-order chi connectivity index (χ0) is 11.8. The molecule has 2 heterocycles. The molecule has 4 heteroatoms. The average molecular weight is 316 g/mol. The molecule has 0 spiro atoms. The number of carbonyl (C=O) groups is 1. The molecule has 0 unspecified atom stereocenters. The summed E-state index contributed by atoms with van der Waals surface area (Å²) in [6.45, 7) is 1.02. The van der Waals surface area contributed by atoms with Gasteiger partial charge in [0.2, 0.25) is 0 Å². The van der Waals surface area contributed by atoms with Gasteiger partial charge in [0.15, 0.2) is 5.78 Å². The SMILES string of the molecule is CN1CCC[C@@H]1C(=O)c1c[nH]c2cc[c-]cc12.[Y]. The zero-order valence-corrected chi connectivity index (χ0v) is 13.3. The van der Waals surface area contributed by atoms with Gasteiger partial charge in [-0.15, -0.1) is 6.07 Å². The van der Waals surface area contributed by atoms with E-state index in [1.165, 1.54) is 0 Å². The molecular formula is C14H15N2OY-. The van der Waals surface area contributed by atoms with E-state index in [4.69, 9.17) is 0 Å². The van der Waals surface area contributed by atoms with Crippen molar-refractivity contribution in [3.63, 3.8) is 0 Å². The summed E-state index contributed by atoms with van der Waals surface area (Å²) in [5, 5.41) is 0.984. The first-order valence-electron chi connectivity index (χ1n) is 5.99. The zero-order valence-electron chi connectivity index (χ0n) is 10.4. The number of likely N-dealkylation sites (tertiary alicyclic amines) is 1. The number of aromatic nitrogens is 1. The van der Waals surface area contributed by atoms with Gasteiger partial charge in [-0.2, -0.15) is 18.2 Å². The number of H-pyrrole nitrogens is 1. The van der Waals surface area contributed by atoms with E-state index in [9.17, 15) is 4.79 Å². The standard InChI is InChI=1S/C14H15N2O.Y/c1-16-8-4-7-13(16)14(17)11-9-15-12-6-3-2-5-10(11)12;/h3,5-6,9,13,15H,4,7-8H2,1H3;/q-1;/t13-;/m1./s1. The summed E-state index contributed by atoms with van der Waals surface area (Å²) in [6.07, 6.45) is 3.91. The van der Waals surface area contributed by atoms with E-state index in [0.717, 1.165) is 35.9 Å². The van der Waals surface area contributed by atoms with Crippen LogP contribution in [0.3, 0.4) is 0 Å². The Morgan fingerprint density at radius 2 is 2.39 bits per heavy atom. The van der Waals surface area contributed by atoms with Crippen molar-refractivity contribution in [3.8, 4) is 0 Å². The third kappa shape index (κ3) is 2.32. The molecule has 1 aliphatic rings. The molecule has 91 valence electrons. The molecule has 18 heavy (non-hydrogen) atoms. The Labute approximate surface area is 132 Å². The van der Waals surface area contributed by atoms with Gasteiger partial charge in [-0.05, 0) is 38.2 Å². The van der Waals surface area contributed by atoms with Gasteiger partial charge in [-0.1, -0.05) is 10.9 Å². The second-order valence-corrected chi connectivity index (χ2v) is 4.68. The number of Topliss-reactive ketones (excluding diaryl/α,β-unsaturated/α-hetero) is 1. The number of fused-ring (bicyclic) bond motifs is 1. The number of aromatic amines is 1. The fourth-order valence-electron chi connectivity index (χ4n) is 2.63. The first-order chi connectivity index (χ1) is 8.27. The van der Waals surface area contributed by atoms with Gasteiger partial charge < -0.3 is 4.98 Å². The second kappa shape index (κ2) is 5.64. The predicted molar refractivity (Wildman–Crippen MR) is 67.1 cm³/mol. The maximum atomic E-state index is 12.5. The van der Waals surface area contributed by atoms with Crippen molar-refractivity contribution in [2.24, 2.45) is 0 Å². The van der Waals surface area contributed by atoms with Gasteiger partial charge in [0.05, 0.1) is 6.04 Å². The van der Waals surface area contributed by atoms with Crippen LogP contribution in [0.4, 0.5) is 0 Å². The fourth-order valence-corrected chi connectivity index (χ4v) is 2.63. The molecule has 1 N–H and O–H groups in total. The molecule has 0 saturated carbocycles. The van der Waals surface area contributed by atoms with E-state index in [1.807, 2.05) is 31.4 Å². The molecule has 0 amide bonds. The largest absolute Gasteiger partial charge is 0.384 e. The molecule has 1 radical (unpaired) electrons. The Hall–Kier alpha value is -0.506.